The molecule has 0 bridgehead atoms. The Morgan fingerprint density at radius 3 is 2.44 bits per heavy atom. The van der Waals surface area contributed by atoms with Crippen LogP contribution in [0.4, 0.5) is 5.69 Å². The zero-order chi connectivity index (χ0) is 25.0. The molecule has 0 aromatic carbocycles. The molecular weight excluding hydrogens is 448 g/mol. The van der Waals surface area contributed by atoms with Gasteiger partial charge in [0.2, 0.25) is 11.8 Å². The van der Waals surface area contributed by atoms with Crippen molar-refractivity contribution in [3.8, 4) is 11.8 Å². The number of methoxy groups -OCH3 is 1. The topological polar surface area (TPSA) is 66.9 Å². The first-order valence-electron chi connectivity index (χ1n) is 12.3. The predicted molar refractivity (Wildman–Crippen MR) is 136 cm³/mol. The molecule has 1 saturated carbocycles. The fourth-order valence-corrected chi connectivity index (χ4v) is 5.59. The van der Waals surface area contributed by atoms with E-state index in [-0.39, 0.29) is 23.1 Å². The fraction of sp³-hybridized carbons (Fsp3) is 0.667. The van der Waals surface area contributed by atoms with Crippen molar-refractivity contribution >= 4 is 34.8 Å². The lowest BCUT2D eigenvalue weighted by molar-refractivity contribution is -0.134. The molecule has 1 aliphatic carbocycles. The molecule has 2 fully saturated rings. The molecule has 0 radical (unpaired) electrons. The highest BCUT2D eigenvalue weighted by molar-refractivity contribution is 7.15. The van der Waals surface area contributed by atoms with Gasteiger partial charge in [0.1, 0.15) is 10.9 Å². The molecule has 0 N–H and O–H groups in total. The molecule has 3 rings (SSSR count). The maximum absolute atomic E-state index is 14.0. The third kappa shape index (κ3) is 6.21. The van der Waals surface area contributed by atoms with Crippen LogP contribution >= 0.6 is 11.3 Å². The van der Waals surface area contributed by atoms with Crippen LogP contribution in [0.15, 0.2) is 6.07 Å². The second kappa shape index (κ2) is 10.9. The molecule has 1 atom stereocenters. The first-order valence-corrected chi connectivity index (χ1v) is 13.2. The number of ether oxygens (including phenoxy) is 1. The van der Waals surface area contributed by atoms with E-state index in [1.54, 1.807) is 22.9 Å². The predicted octanol–water partition coefficient (Wildman–Crippen LogP) is 5.10. The average Bonchev–Trinajstić information content (AvgIpc) is 3.14. The van der Waals surface area contributed by atoms with Gasteiger partial charge in [-0.05, 0) is 77.7 Å². The number of hydrogen-bond acceptors (Lipinski definition) is 5. The molecule has 0 unspecified atom stereocenters. The summed E-state index contributed by atoms with van der Waals surface area (Å²) >= 11 is 1.23. The van der Waals surface area contributed by atoms with E-state index in [2.05, 4.69) is 18.8 Å². The molecule has 2 aliphatic rings. The monoisotopic (exact) mass is 486 g/mol. The summed E-state index contributed by atoms with van der Waals surface area (Å²) < 4.78 is 5.08. The van der Waals surface area contributed by atoms with Crippen molar-refractivity contribution in [3.05, 3.63) is 15.8 Å². The van der Waals surface area contributed by atoms with Crippen molar-refractivity contribution in [1.29, 1.82) is 0 Å². The van der Waals surface area contributed by atoms with Gasteiger partial charge in [0, 0.05) is 24.9 Å². The molecule has 1 aromatic rings. The van der Waals surface area contributed by atoms with Crippen LogP contribution in [0.3, 0.4) is 0 Å². The first kappa shape index (κ1) is 26.3. The van der Waals surface area contributed by atoms with Crippen molar-refractivity contribution in [2.45, 2.75) is 78.7 Å². The van der Waals surface area contributed by atoms with Crippen LogP contribution < -0.4 is 4.90 Å². The molecule has 1 saturated heterocycles. The smallest absolute Gasteiger partial charge is 0.350 e. The van der Waals surface area contributed by atoms with Gasteiger partial charge in [-0.2, -0.15) is 0 Å². The van der Waals surface area contributed by atoms with Crippen molar-refractivity contribution in [2.75, 3.05) is 25.6 Å². The van der Waals surface area contributed by atoms with E-state index in [9.17, 15) is 14.4 Å². The number of likely N-dealkylation sites (tertiary alicyclic amines) is 1. The molecule has 2 amide bonds. The number of carbonyl (C=O) groups excluding carboxylic acids is 3. The number of hydrogen-bond donors (Lipinski definition) is 0. The second-order valence-corrected chi connectivity index (χ2v) is 11.8. The van der Waals surface area contributed by atoms with Crippen molar-refractivity contribution < 1.29 is 19.1 Å². The summed E-state index contributed by atoms with van der Waals surface area (Å²) in [5.74, 6) is 6.20. The number of thiophene rings is 1. The Bertz CT molecular complexity index is 973. The Hall–Kier alpha value is -2.33. The van der Waals surface area contributed by atoms with Gasteiger partial charge < -0.3 is 9.64 Å². The van der Waals surface area contributed by atoms with Crippen LogP contribution in [0.1, 0.15) is 87.2 Å². The Labute approximate surface area is 208 Å². The number of carbonyl (C=O) groups is 3. The molecule has 7 heteroatoms. The van der Waals surface area contributed by atoms with Crippen molar-refractivity contribution in [3.63, 3.8) is 0 Å². The van der Waals surface area contributed by atoms with Crippen LogP contribution in [0, 0.1) is 29.1 Å². The summed E-state index contributed by atoms with van der Waals surface area (Å²) in [6.07, 6.45) is 5.94. The summed E-state index contributed by atoms with van der Waals surface area (Å²) in [7, 11) is 3.13. The minimum atomic E-state index is -0.624. The van der Waals surface area contributed by atoms with Gasteiger partial charge in [-0.3, -0.25) is 14.5 Å². The standard InChI is InChI=1S/C27H38N2O4S/c1-18-10-12-19(13-11-18)24(30)29(21-9-7-8-16-28(5)25(21)31)22-17-20(14-15-27(2,3)4)34-23(22)26(32)33-6/h17-19,21H,7-13,16H2,1-6H3/t18?,19?,21-/m0/s1. The Kier molecular flexibility index (Phi) is 8.46. The lowest BCUT2D eigenvalue weighted by atomic mass is 9.82. The van der Waals surface area contributed by atoms with Gasteiger partial charge in [0.25, 0.3) is 0 Å². The summed E-state index contributed by atoms with van der Waals surface area (Å²) in [5.41, 5.74) is 0.261. The van der Waals surface area contributed by atoms with E-state index in [1.165, 1.54) is 18.4 Å². The molecule has 34 heavy (non-hydrogen) atoms. The number of esters is 1. The Balaban J connectivity index is 2.11. The quantitative estimate of drug-likeness (QED) is 0.439. The van der Waals surface area contributed by atoms with Gasteiger partial charge in [0.05, 0.1) is 17.7 Å². The molecular formula is C27H38N2O4S. The van der Waals surface area contributed by atoms with Gasteiger partial charge >= 0.3 is 5.97 Å². The number of anilines is 1. The first-order chi connectivity index (χ1) is 16.0. The highest BCUT2D eigenvalue weighted by Crippen LogP contribution is 2.38. The molecule has 1 aromatic heterocycles. The third-order valence-corrected chi connectivity index (χ3v) is 7.72. The molecule has 186 valence electrons. The number of amides is 2. The van der Waals surface area contributed by atoms with Crippen LogP contribution in [-0.2, 0) is 14.3 Å². The normalized spacial score (nSPS) is 23.5. The largest absolute Gasteiger partial charge is 0.465 e. The van der Waals surface area contributed by atoms with Gasteiger partial charge in [-0.25, -0.2) is 4.79 Å². The second-order valence-electron chi connectivity index (χ2n) is 10.8. The van der Waals surface area contributed by atoms with E-state index >= 15 is 0 Å². The zero-order valence-corrected chi connectivity index (χ0v) is 22.2. The Morgan fingerprint density at radius 2 is 1.82 bits per heavy atom. The molecule has 0 spiro atoms. The van der Waals surface area contributed by atoms with E-state index in [0.29, 0.717) is 34.3 Å². The lowest BCUT2D eigenvalue weighted by Crippen LogP contribution is -2.52. The maximum Gasteiger partial charge on any atom is 0.350 e. The average molecular weight is 487 g/mol. The summed E-state index contributed by atoms with van der Waals surface area (Å²) in [5, 5.41) is 0. The van der Waals surface area contributed by atoms with E-state index in [1.807, 2.05) is 20.8 Å². The fourth-order valence-electron chi connectivity index (χ4n) is 4.67. The maximum atomic E-state index is 14.0. The van der Waals surface area contributed by atoms with Crippen LogP contribution in [0.2, 0.25) is 0 Å². The van der Waals surface area contributed by atoms with E-state index in [4.69, 9.17) is 4.74 Å². The van der Waals surface area contributed by atoms with Gasteiger partial charge in [0.15, 0.2) is 0 Å². The van der Waals surface area contributed by atoms with E-state index in [0.717, 1.165) is 38.5 Å². The molecule has 6 nitrogen and oxygen atoms in total. The van der Waals surface area contributed by atoms with Crippen LogP contribution in [0.5, 0.6) is 0 Å². The third-order valence-electron chi connectivity index (χ3n) is 6.70. The summed E-state index contributed by atoms with van der Waals surface area (Å²) in [6, 6.07) is 1.18. The highest BCUT2D eigenvalue weighted by Gasteiger charge is 2.40. The molecule has 1 aliphatic heterocycles. The summed E-state index contributed by atoms with van der Waals surface area (Å²) in [6.45, 7) is 8.96. The zero-order valence-electron chi connectivity index (χ0n) is 21.4. The number of rotatable bonds is 4. The highest BCUT2D eigenvalue weighted by atomic mass is 32.1. The van der Waals surface area contributed by atoms with Crippen molar-refractivity contribution in [2.24, 2.45) is 17.3 Å². The van der Waals surface area contributed by atoms with E-state index < -0.39 is 12.0 Å². The summed E-state index contributed by atoms with van der Waals surface area (Å²) in [4.78, 5) is 44.6. The van der Waals surface area contributed by atoms with Crippen LogP contribution in [0.25, 0.3) is 0 Å². The number of likely N-dealkylation sites (N-methyl/N-ethyl adjacent to an activating group) is 1. The lowest BCUT2D eigenvalue weighted by Gasteiger charge is -2.36. The minimum Gasteiger partial charge on any atom is -0.465 e. The SMILES string of the molecule is COC(=O)c1sc(C#CC(C)(C)C)cc1N(C(=O)C1CCC(C)CC1)[C@H]1CCCCN(C)C1=O. The minimum absolute atomic E-state index is 0.0566. The van der Waals surface area contributed by atoms with Gasteiger partial charge in [-0.15, -0.1) is 11.3 Å². The molecule has 2 heterocycles. The van der Waals surface area contributed by atoms with Crippen molar-refractivity contribution in [1.82, 2.24) is 4.90 Å². The van der Waals surface area contributed by atoms with Crippen LogP contribution in [-0.4, -0.2) is 49.4 Å². The number of nitrogens with zero attached hydrogens (tertiary/aromatic N) is 2. The Morgan fingerprint density at radius 1 is 1.15 bits per heavy atom. The van der Waals surface area contributed by atoms with Gasteiger partial charge in [-0.1, -0.05) is 18.8 Å².